The third kappa shape index (κ3) is 4.21. The molecule has 2 aromatic carbocycles. The molecule has 1 N–H and O–H groups in total. The van der Waals surface area contributed by atoms with Crippen LogP contribution >= 0.6 is 0 Å². The molecule has 0 saturated heterocycles. The zero-order valence-electron chi connectivity index (χ0n) is 19.2. The van der Waals surface area contributed by atoms with E-state index in [4.69, 9.17) is 0 Å². The van der Waals surface area contributed by atoms with Crippen LogP contribution in [-0.2, 0) is 21.1 Å². The normalized spacial score (nSPS) is 15.8. The highest BCUT2D eigenvalue weighted by Crippen LogP contribution is 2.41. The van der Waals surface area contributed by atoms with Gasteiger partial charge in [0.2, 0.25) is 9.84 Å². The van der Waals surface area contributed by atoms with E-state index < -0.39 is 33.0 Å². The summed E-state index contributed by atoms with van der Waals surface area (Å²) in [6.07, 6.45) is 1.76. The monoisotopic (exact) mass is 480 g/mol. The number of rotatable bonds is 7. The molecule has 0 atom stereocenters. The lowest BCUT2D eigenvalue weighted by molar-refractivity contribution is -0.136. The molecule has 2 aromatic rings. The molecule has 1 aliphatic carbocycles. The lowest BCUT2D eigenvalue weighted by Gasteiger charge is -2.21. The molecule has 0 amide bonds. The van der Waals surface area contributed by atoms with E-state index in [0.717, 1.165) is 17.8 Å². The first-order valence-electron chi connectivity index (χ1n) is 10.9. The first-order valence-corrected chi connectivity index (χ1v) is 12.4. The molecule has 1 aliphatic heterocycles. The van der Waals surface area contributed by atoms with Crippen molar-refractivity contribution in [1.29, 1.82) is 0 Å². The molecular weight excluding hydrogens is 455 g/mol. The van der Waals surface area contributed by atoms with Gasteiger partial charge in [0.05, 0.1) is 17.0 Å². The fraction of sp³-hybridized carbons (Fsp3) is 0.231. The van der Waals surface area contributed by atoms with Crippen molar-refractivity contribution in [2.24, 2.45) is 4.99 Å². The Bertz CT molecular complexity index is 1400. The second-order valence-corrected chi connectivity index (χ2v) is 10.1. The summed E-state index contributed by atoms with van der Waals surface area (Å²) < 4.78 is 42.1. The number of sulfone groups is 1. The first kappa shape index (κ1) is 23.6. The molecule has 0 unspecified atom stereocenters. The van der Waals surface area contributed by atoms with Crippen molar-refractivity contribution in [2.45, 2.75) is 38.0 Å². The molecule has 0 saturated carbocycles. The molecular formula is C26H25FN2O4S. The molecule has 2 aliphatic rings. The van der Waals surface area contributed by atoms with E-state index in [1.807, 2.05) is 30.1 Å². The van der Waals surface area contributed by atoms with E-state index in [1.165, 1.54) is 23.8 Å². The topological polar surface area (TPSA) is 87.0 Å². The highest BCUT2D eigenvalue weighted by Gasteiger charge is 2.37. The van der Waals surface area contributed by atoms with E-state index in [9.17, 15) is 22.7 Å². The van der Waals surface area contributed by atoms with Crippen LogP contribution in [0.25, 0.3) is 0 Å². The van der Waals surface area contributed by atoms with Gasteiger partial charge in [0.25, 0.3) is 0 Å². The maximum absolute atomic E-state index is 15.0. The first-order chi connectivity index (χ1) is 16.1. The SMILES string of the molecule is CCc1cccc(N(C)c2ccc(S(=O)(=O)C3=C4C(=NC(C)=C4CC(=O)O)CC=C3F)cc2)c1. The zero-order valence-corrected chi connectivity index (χ0v) is 20.0. The van der Waals surface area contributed by atoms with Crippen molar-refractivity contribution in [3.63, 3.8) is 0 Å². The van der Waals surface area contributed by atoms with E-state index in [0.29, 0.717) is 11.4 Å². The third-order valence-electron chi connectivity index (χ3n) is 6.09. The van der Waals surface area contributed by atoms with Crippen molar-refractivity contribution in [3.8, 4) is 0 Å². The number of anilines is 2. The maximum Gasteiger partial charge on any atom is 0.307 e. The Morgan fingerprint density at radius 2 is 1.85 bits per heavy atom. The minimum absolute atomic E-state index is 0.0708. The van der Waals surface area contributed by atoms with Crippen LogP contribution in [0.5, 0.6) is 0 Å². The number of hydrogen-bond acceptors (Lipinski definition) is 5. The molecule has 1 heterocycles. The largest absolute Gasteiger partial charge is 0.481 e. The lowest BCUT2D eigenvalue weighted by Crippen LogP contribution is -2.18. The molecule has 8 heteroatoms. The Morgan fingerprint density at radius 3 is 2.50 bits per heavy atom. The summed E-state index contributed by atoms with van der Waals surface area (Å²) in [6, 6.07) is 14.3. The lowest BCUT2D eigenvalue weighted by atomic mass is 9.94. The summed E-state index contributed by atoms with van der Waals surface area (Å²) in [5.74, 6) is -2.02. The molecule has 4 rings (SSSR count). The van der Waals surface area contributed by atoms with E-state index >= 15 is 0 Å². The number of carbonyl (C=O) groups is 1. The average Bonchev–Trinajstić information content (AvgIpc) is 3.12. The smallest absolute Gasteiger partial charge is 0.307 e. The number of benzene rings is 2. The molecule has 34 heavy (non-hydrogen) atoms. The zero-order chi connectivity index (χ0) is 24.6. The van der Waals surface area contributed by atoms with Crippen molar-refractivity contribution in [3.05, 3.63) is 87.7 Å². The average molecular weight is 481 g/mol. The second-order valence-electron chi connectivity index (χ2n) is 8.23. The summed E-state index contributed by atoms with van der Waals surface area (Å²) >= 11 is 0. The number of nitrogens with zero attached hydrogens (tertiary/aromatic N) is 2. The number of allylic oxidation sites excluding steroid dienone is 4. The molecule has 0 bridgehead atoms. The van der Waals surface area contributed by atoms with Crippen LogP contribution in [0.15, 0.2) is 92.1 Å². The Kier molecular flexibility index (Phi) is 6.27. The Morgan fingerprint density at radius 1 is 1.15 bits per heavy atom. The summed E-state index contributed by atoms with van der Waals surface area (Å²) in [5, 5.41) is 9.29. The van der Waals surface area contributed by atoms with Crippen LogP contribution in [0.2, 0.25) is 0 Å². The molecule has 0 fully saturated rings. The number of carboxylic acid groups (broad SMARTS) is 1. The molecule has 0 radical (unpaired) electrons. The highest BCUT2D eigenvalue weighted by atomic mass is 32.2. The third-order valence-corrected chi connectivity index (χ3v) is 7.91. The predicted molar refractivity (Wildman–Crippen MR) is 131 cm³/mol. The summed E-state index contributed by atoms with van der Waals surface area (Å²) in [7, 11) is -2.38. The van der Waals surface area contributed by atoms with Crippen molar-refractivity contribution in [2.75, 3.05) is 11.9 Å². The Hall–Kier alpha value is -3.52. The number of aryl methyl sites for hydroxylation is 1. The van der Waals surface area contributed by atoms with Crippen molar-refractivity contribution < 1.29 is 22.7 Å². The van der Waals surface area contributed by atoms with Gasteiger partial charge < -0.3 is 10.0 Å². The number of carboxylic acids is 1. The van der Waals surface area contributed by atoms with Gasteiger partial charge in [0.15, 0.2) is 0 Å². The second kappa shape index (κ2) is 9.02. The van der Waals surface area contributed by atoms with Crippen molar-refractivity contribution >= 4 is 32.9 Å². The number of fused-ring (bicyclic) bond motifs is 1. The van der Waals surface area contributed by atoms with Gasteiger partial charge >= 0.3 is 5.97 Å². The van der Waals surface area contributed by atoms with Crippen LogP contribution in [-0.4, -0.2) is 32.3 Å². The van der Waals surface area contributed by atoms with E-state index in [1.54, 1.807) is 19.1 Å². The van der Waals surface area contributed by atoms with Crippen LogP contribution in [0.3, 0.4) is 0 Å². The summed E-state index contributed by atoms with van der Waals surface area (Å²) in [6.45, 7) is 3.68. The summed E-state index contributed by atoms with van der Waals surface area (Å²) in [5.41, 5.74) is 4.01. The predicted octanol–water partition coefficient (Wildman–Crippen LogP) is 5.51. The quantitative estimate of drug-likeness (QED) is 0.565. The fourth-order valence-corrected chi connectivity index (χ4v) is 5.81. The van der Waals surface area contributed by atoms with Crippen LogP contribution in [0.4, 0.5) is 15.8 Å². The van der Waals surface area contributed by atoms with Gasteiger partial charge in [0, 0.05) is 36.1 Å². The minimum atomic E-state index is -4.27. The standard InChI is InChI=1S/C26H25FN2O4S/c1-4-17-6-5-7-19(14-17)29(3)18-8-10-20(11-9-18)34(32,33)26-22(27)12-13-23-25(26)21(15-24(30)31)16(2)28-23/h5-12,14H,4,13,15H2,1-3H3,(H,30,31). The van der Waals surface area contributed by atoms with Gasteiger partial charge in [-0.3, -0.25) is 9.79 Å². The molecule has 0 aromatic heterocycles. The van der Waals surface area contributed by atoms with Gasteiger partial charge in [-0.05, 0) is 67.0 Å². The van der Waals surface area contributed by atoms with E-state index in [2.05, 4.69) is 18.0 Å². The van der Waals surface area contributed by atoms with Crippen molar-refractivity contribution in [1.82, 2.24) is 0 Å². The fourth-order valence-electron chi connectivity index (χ4n) is 4.23. The highest BCUT2D eigenvalue weighted by molar-refractivity contribution is 7.95. The van der Waals surface area contributed by atoms with Gasteiger partial charge in [-0.2, -0.15) is 0 Å². The van der Waals surface area contributed by atoms with Gasteiger partial charge in [0.1, 0.15) is 10.7 Å². The molecule has 0 spiro atoms. The van der Waals surface area contributed by atoms with Crippen LogP contribution in [0, 0.1) is 0 Å². The molecule has 176 valence electrons. The Balaban J connectivity index is 1.74. The number of hydrogen-bond donors (Lipinski definition) is 1. The maximum atomic E-state index is 15.0. The van der Waals surface area contributed by atoms with Gasteiger partial charge in [-0.1, -0.05) is 19.1 Å². The summed E-state index contributed by atoms with van der Waals surface area (Å²) in [4.78, 5) is 17.0. The van der Waals surface area contributed by atoms with Gasteiger partial charge in [-0.15, -0.1) is 0 Å². The minimum Gasteiger partial charge on any atom is -0.481 e. The Labute approximate surface area is 198 Å². The van der Waals surface area contributed by atoms with Crippen LogP contribution in [0.1, 0.15) is 32.3 Å². The molecule has 6 nitrogen and oxygen atoms in total. The van der Waals surface area contributed by atoms with E-state index in [-0.39, 0.29) is 22.5 Å². The number of aliphatic carboxylic acids is 1. The number of halogens is 1. The number of aliphatic imine (C=N–C) groups is 1. The van der Waals surface area contributed by atoms with Gasteiger partial charge in [-0.25, -0.2) is 12.8 Å². The van der Waals surface area contributed by atoms with Crippen LogP contribution < -0.4 is 4.90 Å².